The summed E-state index contributed by atoms with van der Waals surface area (Å²) in [6, 6.07) is -0.195. The minimum Gasteiger partial charge on any atom is -0.391 e. The van der Waals surface area contributed by atoms with E-state index in [1.54, 1.807) is 11.8 Å². The topological polar surface area (TPSA) is 61.4 Å². The molecule has 0 spiro atoms. The zero-order valence-corrected chi connectivity index (χ0v) is 10.3. The molecule has 0 saturated heterocycles. The number of hydrogen-bond acceptors (Lipinski definition) is 3. The van der Waals surface area contributed by atoms with Crippen molar-refractivity contribution in [3.05, 3.63) is 12.7 Å². The SMILES string of the molecule is C=CCSCCNC(=O)NCC(O)C1CC1. The highest BCUT2D eigenvalue weighted by atomic mass is 32.2. The predicted molar refractivity (Wildman–Crippen MR) is 67.7 cm³/mol. The maximum absolute atomic E-state index is 11.3. The standard InChI is InChI=1S/C11H20N2O2S/c1-2-6-16-7-5-12-11(15)13-8-10(14)9-3-4-9/h2,9-10,14H,1,3-8H2,(H2,12,13,15). The van der Waals surface area contributed by atoms with Crippen LogP contribution < -0.4 is 10.6 Å². The molecular weight excluding hydrogens is 224 g/mol. The van der Waals surface area contributed by atoms with Gasteiger partial charge in [0.2, 0.25) is 0 Å². The minimum atomic E-state index is -0.374. The van der Waals surface area contributed by atoms with Crippen LogP contribution in [0.5, 0.6) is 0 Å². The smallest absolute Gasteiger partial charge is 0.314 e. The summed E-state index contributed by atoms with van der Waals surface area (Å²) in [6.45, 7) is 4.62. The van der Waals surface area contributed by atoms with E-state index in [0.717, 1.165) is 24.3 Å². The van der Waals surface area contributed by atoms with Crippen LogP contribution in [0.3, 0.4) is 0 Å². The fourth-order valence-electron chi connectivity index (χ4n) is 1.31. The number of urea groups is 1. The van der Waals surface area contributed by atoms with E-state index in [1.807, 2.05) is 6.08 Å². The van der Waals surface area contributed by atoms with Gasteiger partial charge in [0.15, 0.2) is 0 Å². The maximum atomic E-state index is 11.3. The molecule has 0 aromatic heterocycles. The van der Waals surface area contributed by atoms with Crippen LogP contribution in [-0.2, 0) is 0 Å². The summed E-state index contributed by atoms with van der Waals surface area (Å²) in [7, 11) is 0. The normalized spacial score (nSPS) is 16.6. The van der Waals surface area contributed by atoms with Crippen molar-refractivity contribution in [1.29, 1.82) is 0 Å². The van der Waals surface area contributed by atoms with Crippen molar-refractivity contribution in [3.63, 3.8) is 0 Å². The van der Waals surface area contributed by atoms with Crippen molar-refractivity contribution in [1.82, 2.24) is 10.6 Å². The molecule has 92 valence electrons. The Morgan fingerprint density at radius 3 is 2.94 bits per heavy atom. The summed E-state index contributed by atoms with van der Waals surface area (Å²) < 4.78 is 0. The third-order valence-corrected chi connectivity index (χ3v) is 3.37. The molecule has 0 aromatic rings. The third kappa shape index (κ3) is 6.02. The number of aliphatic hydroxyl groups is 1. The predicted octanol–water partition coefficient (Wildman–Crippen LogP) is 0.976. The first-order chi connectivity index (χ1) is 7.74. The molecule has 0 aliphatic heterocycles. The summed E-state index contributed by atoms with van der Waals surface area (Å²) in [5.74, 6) is 2.19. The Morgan fingerprint density at radius 2 is 2.31 bits per heavy atom. The number of thioether (sulfide) groups is 1. The lowest BCUT2D eigenvalue weighted by Crippen LogP contribution is -2.41. The van der Waals surface area contributed by atoms with Crippen LogP contribution in [-0.4, -0.2) is 41.8 Å². The Balaban J connectivity index is 1.91. The highest BCUT2D eigenvalue weighted by Crippen LogP contribution is 2.32. The lowest BCUT2D eigenvalue weighted by Gasteiger charge is -2.11. The molecule has 2 amide bonds. The average molecular weight is 244 g/mol. The van der Waals surface area contributed by atoms with Gasteiger partial charge in [-0.1, -0.05) is 6.08 Å². The van der Waals surface area contributed by atoms with Gasteiger partial charge in [0.1, 0.15) is 0 Å². The van der Waals surface area contributed by atoms with Gasteiger partial charge >= 0.3 is 6.03 Å². The van der Waals surface area contributed by atoms with E-state index in [-0.39, 0.29) is 12.1 Å². The Bertz CT molecular complexity index is 232. The van der Waals surface area contributed by atoms with E-state index < -0.39 is 0 Å². The average Bonchev–Trinajstić information content (AvgIpc) is 3.09. The van der Waals surface area contributed by atoms with E-state index >= 15 is 0 Å². The molecule has 1 rings (SSSR count). The second-order valence-electron chi connectivity index (χ2n) is 3.91. The molecule has 1 aliphatic rings. The molecule has 16 heavy (non-hydrogen) atoms. The second-order valence-corrected chi connectivity index (χ2v) is 5.05. The molecule has 1 unspecified atom stereocenters. The lowest BCUT2D eigenvalue weighted by atomic mass is 10.2. The highest BCUT2D eigenvalue weighted by Gasteiger charge is 2.29. The fourth-order valence-corrected chi connectivity index (χ4v) is 1.89. The first-order valence-electron chi connectivity index (χ1n) is 5.62. The Morgan fingerprint density at radius 1 is 1.56 bits per heavy atom. The van der Waals surface area contributed by atoms with E-state index in [9.17, 15) is 9.90 Å². The van der Waals surface area contributed by atoms with E-state index in [4.69, 9.17) is 0 Å². The Kier molecular flexibility index (Phi) is 6.33. The lowest BCUT2D eigenvalue weighted by molar-refractivity contribution is 0.149. The van der Waals surface area contributed by atoms with Gasteiger partial charge in [-0.2, -0.15) is 11.8 Å². The van der Waals surface area contributed by atoms with Gasteiger partial charge in [-0.15, -0.1) is 6.58 Å². The van der Waals surface area contributed by atoms with E-state index in [0.29, 0.717) is 19.0 Å². The maximum Gasteiger partial charge on any atom is 0.314 e. The molecule has 1 saturated carbocycles. The summed E-state index contributed by atoms with van der Waals surface area (Å²) in [4.78, 5) is 11.3. The number of hydrogen-bond donors (Lipinski definition) is 3. The third-order valence-electron chi connectivity index (χ3n) is 2.41. The molecule has 3 N–H and O–H groups in total. The van der Waals surface area contributed by atoms with Crippen molar-refractivity contribution in [2.45, 2.75) is 18.9 Å². The molecule has 5 heteroatoms. The van der Waals surface area contributed by atoms with Crippen LogP contribution in [0.1, 0.15) is 12.8 Å². The zero-order chi connectivity index (χ0) is 11.8. The second kappa shape index (κ2) is 7.57. The molecule has 0 bridgehead atoms. The molecule has 4 nitrogen and oxygen atoms in total. The first kappa shape index (κ1) is 13.4. The minimum absolute atomic E-state index is 0.195. The van der Waals surface area contributed by atoms with Crippen molar-refractivity contribution in [2.75, 3.05) is 24.6 Å². The number of amides is 2. The van der Waals surface area contributed by atoms with E-state index in [1.165, 1.54) is 0 Å². The molecule has 0 radical (unpaired) electrons. The monoisotopic (exact) mass is 244 g/mol. The van der Waals surface area contributed by atoms with Crippen molar-refractivity contribution in [2.24, 2.45) is 5.92 Å². The van der Waals surface area contributed by atoms with Crippen molar-refractivity contribution in [3.8, 4) is 0 Å². The van der Waals surface area contributed by atoms with E-state index in [2.05, 4.69) is 17.2 Å². The van der Waals surface area contributed by atoms with Crippen LogP contribution in [0.2, 0.25) is 0 Å². The van der Waals surface area contributed by atoms with Crippen LogP contribution in [0, 0.1) is 5.92 Å². The number of carbonyl (C=O) groups is 1. The first-order valence-corrected chi connectivity index (χ1v) is 6.78. The summed E-state index contributed by atoms with van der Waals surface area (Å²) >= 11 is 1.72. The van der Waals surface area contributed by atoms with Gasteiger partial charge < -0.3 is 15.7 Å². The summed E-state index contributed by atoms with van der Waals surface area (Å²) in [6.07, 6.45) is 3.64. The molecule has 1 atom stereocenters. The van der Waals surface area contributed by atoms with Crippen LogP contribution in [0.15, 0.2) is 12.7 Å². The van der Waals surface area contributed by atoms with Gasteiger partial charge in [-0.3, -0.25) is 0 Å². The van der Waals surface area contributed by atoms with Crippen LogP contribution in [0.4, 0.5) is 4.79 Å². The number of nitrogens with one attached hydrogen (secondary N) is 2. The van der Waals surface area contributed by atoms with Gasteiger partial charge in [0, 0.05) is 24.6 Å². The molecule has 0 aromatic carbocycles. The Labute approximate surface area is 101 Å². The number of aliphatic hydroxyl groups excluding tert-OH is 1. The number of rotatable bonds is 8. The molecule has 1 fully saturated rings. The summed E-state index contributed by atoms with van der Waals surface area (Å²) in [5, 5.41) is 14.9. The fraction of sp³-hybridized carbons (Fsp3) is 0.727. The van der Waals surface area contributed by atoms with Crippen LogP contribution >= 0.6 is 11.8 Å². The van der Waals surface area contributed by atoms with Crippen molar-refractivity contribution < 1.29 is 9.90 Å². The highest BCUT2D eigenvalue weighted by molar-refractivity contribution is 7.99. The molecule has 0 heterocycles. The van der Waals surface area contributed by atoms with Gasteiger partial charge in [-0.05, 0) is 18.8 Å². The Hall–Kier alpha value is -0.680. The van der Waals surface area contributed by atoms with Gasteiger partial charge in [0.05, 0.1) is 6.10 Å². The summed E-state index contributed by atoms with van der Waals surface area (Å²) in [5.41, 5.74) is 0. The van der Waals surface area contributed by atoms with Gasteiger partial charge in [0.25, 0.3) is 0 Å². The van der Waals surface area contributed by atoms with Crippen LogP contribution in [0.25, 0.3) is 0 Å². The molecule has 1 aliphatic carbocycles. The van der Waals surface area contributed by atoms with Gasteiger partial charge in [-0.25, -0.2) is 4.79 Å². The number of carbonyl (C=O) groups excluding carboxylic acids is 1. The zero-order valence-electron chi connectivity index (χ0n) is 9.45. The largest absolute Gasteiger partial charge is 0.391 e. The van der Waals surface area contributed by atoms with Crippen molar-refractivity contribution >= 4 is 17.8 Å². The molecular formula is C11H20N2O2S. The quantitative estimate of drug-likeness (QED) is 0.440.